The minimum absolute atomic E-state index is 0.655. The fraction of sp³-hybridized carbons (Fsp3) is 0.714. The summed E-state index contributed by atoms with van der Waals surface area (Å²) < 4.78 is 0. The van der Waals surface area contributed by atoms with E-state index in [1.54, 1.807) is 6.20 Å². The maximum absolute atomic E-state index is 4.47. The molecule has 0 aliphatic heterocycles. The molecule has 0 radical (unpaired) electrons. The molecule has 1 rings (SSSR count). The van der Waals surface area contributed by atoms with Gasteiger partial charge in [0.1, 0.15) is 5.82 Å². The van der Waals surface area contributed by atoms with Crippen LogP contribution in [0.4, 0.5) is 11.8 Å². The molecule has 0 aromatic carbocycles. The summed E-state index contributed by atoms with van der Waals surface area (Å²) in [4.78, 5) is 10.6. The van der Waals surface area contributed by atoms with Gasteiger partial charge in [-0.3, -0.25) is 0 Å². The van der Waals surface area contributed by atoms with Gasteiger partial charge < -0.3 is 10.2 Å². The molecule has 102 valence electrons. The van der Waals surface area contributed by atoms with Crippen LogP contribution in [-0.4, -0.2) is 30.6 Å². The summed E-state index contributed by atoms with van der Waals surface area (Å²) >= 11 is 0. The van der Waals surface area contributed by atoms with E-state index in [-0.39, 0.29) is 0 Å². The summed E-state index contributed by atoms with van der Waals surface area (Å²) in [6, 6.07) is 1.92. The van der Waals surface area contributed by atoms with Crippen molar-refractivity contribution in [3.05, 3.63) is 12.3 Å². The Morgan fingerprint density at radius 2 is 1.78 bits per heavy atom. The SMILES string of the molecule is CC(C)C(CNc1ccnc(N(C)C)n1)C(C)C. The first-order valence-corrected chi connectivity index (χ1v) is 6.66. The molecule has 0 unspecified atom stereocenters. The molecular weight excluding hydrogens is 224 g/mol. The molecule has 0 aliphatic carbocycles. The number of nitrogens with zero attached hydrogens (tertiary/aromatic N) is 3. The van der Waals surface area contributed by atoms with Crippen LogP contribution >= 0.6 is 0 Å². The van der Waals surface area contributed by atoms with Crippen molar-refractivity contribution >= 4 is 11.8 Å². The van der Waals surface area contributed by atoms with Crippen LogP contribution in [0.2, 0.25) is 0 Å². The van der Waals surface area contributed by atoms with Gasteiger partial charge in [-0.15, -0.1) is 0 Å². The van der Waals surface area contributed by atoms with Crippen molar-refractivity contribution in [2.24, 2.45) is 17.8 Å². The highest BCUT2D eigenvalue weighted by Crippen LogP contribution is 2.21. The van der Waals surface area contributed by atoms with Crippen molar-refractivity contribution in [1.82, 2.24) is 9.97 Å². The lowest BCUT2D eigenvalue weighted by molar-refractivity contribution is 0.304. The number of nitrogens with one attached hydrogen (secondary N) is 1. The Balaban J connectivity index is 2.65. The number of anilines is 2. The Kier molecular flexibility index (Phi) is 5.38. The largest absolute Gasteiger partial charge is 0.370 e. The number of hydrogen-bond donors (Lipinski definition) is 1. The van der Waals surface area contributed by atoms with Gasteiger partial charge in [-0.1, -0.05) is 27.7 Å². The summed E-state index contributed by atoms with van der Waals surface area (Å²) in [6.45, 7) is 10.1. The van der Waals surface area contributed by atoms with E-state index in [9.17, 15) is 0 Å². The average molecular weight is 250 g/mol. The second-order valence-electron chi connectivity index (χ2n) is 5.67. The monoisotopic (exact) mass is 250 g/mol. The minimum atomic E-state index is 0.655. The second-order valence-corrected chi connectivity index (χ2v) is 5.67. The summed E-state index contributed by atoms with van der Waals surface area (Å²) in [5.41, 5.74) is 0. The van der Waals surface area contributed by atoms with Gasteiger partial charge in [-0.05, 0) is 23.8 Å². The first kappa shape index (κ1) is 14.7. The molecule has 0 aliphatic rings. The third kappa shape index (κ3) is 4.17. The molecule has 0 atom stereocenters. The van der Waals surface area contributed by atoms with E-state index >= 15 is 0 Å². The molecule has 0 saturated heterocycles. The molecule has 1 N–H and O–H groups in total. The van der Waals surface area contributed by atoms with Crippen LogP contribution in [0.3, 0.4) is 0 Å². The van der Waals surface area contributed by atoms with E-state index in [4.69, 9.17) is 0 Å². The molecule has 0 amide bonds. The van der Waals surface area contributed by atoms with E-state index in [0.717, 1.165) is 18.3 Å². The molecule has 1 aromatic rings. The van der Waals surface area contributed by atoms with Gasteiger partial charge in [-0.25, -0.2) is 4.98 Å². The van der Waals surface area contributed by atoms with E-state index in [1.165, 1.54) is 0 Å². The van der Waals surface area contributed by atoms with Crippen molar-refractivity contribution in [2.45, 2.75) is 27.7 Å². The molecule has 0 fully saturated rings. The second kappa shape index (κ2) is 6.57. The summed E-state index contributed by atoms with van der Waals surface area (Å²) in [5, 5.41) is 3.42. The third-order valence-electron chi connectivity index (χ3n) is 3.27. The molecule has 1 heterocycles. The number of hydrogen-bond acceptors (Lipinski definition) is 4. The smallest absolute Gasteiger partial charge is 0.226 e. The van der Waals surface area contributed by atoms with Crippen LogP contribution in [0.25, 0.3) is 0 Å². The van der Waals surface area contributed by atoms with E-state index in [1.807, 2.05) is 25.1 Å². The minimum Gasteiger partial charge on any atom is -0.370 e. The molecule has 0 spiro atoms. The lowest BCUT2D eigenvalue weighted by atomic mass is 9.85. The van der Waals surface area contributed by atoms with Crippen LogP contribution in [0.5, 0.6) is 0 Å². The van der Waals surface area contributed by atoms with Gasteiger partial charge in [0, 0.05) is 26.8 Å². The first-order valence-electron chi connectivity index (χ1n) is 6.66. The fourth-order valence-corrected chi connectivity index (χ4v) is 2.13. The van der Waals surface area contributed by atoms with Crippen LogP contribution in [0.1, 0.15) is 27.7 Å². The van der Waals surface area contributed by atoms with Gasteiger partial charge in [-0.2, -0.15) is 4.98 Å². The normalized spacial score (nSPS) is 11.4. The lowest BCUT2D eigenvalue weighted by Gasteiger charge is -2.25. The summed E-state index contributed by atoms with van der Waals surface area (Å²) in [6.07, 6.45) is 1.80. The van der Waals surface area contributed by atoms with Crippen molar-refractivity contribution in [3.63, 3.8) is 0 Å². The van der Waals surface area contributed by atoms with Crippen LogP contribution in [0.15, 0.2) is 12.3 Å². The summed E-state index contributed by atoms with van der Waals surface area (Å²) in [5.74, 6) is 3.65. The zero-order chi connectivity index (χ0) is 13.7. The topological polar surface area (TPSA) is 41.1 Å². The molecule has 0 saturated carbocycles. The fourth-order valence-electron chi connectivity index (χ4n) is 2.13. The van der Waals surface area contributed by atoms with Crippen LogP contribution in [0, 0.1) is 17.8 Å². The van der Waals surface area contributed by atoms with Crippen molar-refractivity contribution < 1.29 is 0 Å². The van der Waals surface area contributed by atoms with Gasteiger partial charge in [0.05, 0.1) is 0 Å². The van der Waals surface area contributed by atoms with Gasteiger partial charge >= 0.3 is 0 Å². The number of aromatic nitrogens is 2. The Hall–Kier alpha value is -1.32. The summed E-state index contributed by atoms with van der Waals surface area (Å²) in [7, 11) is 3.90. The molecular formula is C14H26N4. The Morgan fingerprint density at radius 1 is 1.17 bits per heavy atom. The average Bonchev–Trinajstić information content (AvgIpc) is 2.28. The zero-order valence-electron chi connectivity index (χ0n) is 12.4. The van der Waals surface area contributed by atoms with Crippen molar-refractivity contribution in [2.75, 3.05) is 30.9 Å². The lowest BCUT2D eigenvalue weighted by Crippen LogP contribution is -2.25. The van der Waals surface area contributed by atoms with E-state index in [0.29, 0.717) is 17.8 Å². The molecule has 0 bridgehead atoms. The predicted molar refractivity (Wildman–Crippen MR) is 78.0 cm³/mol. The van der Waals surface area contributed by atoms with Gasteiger partial charge in [0.2, 0.25) is 5.95 Å². The highest BCUT2D eigenvalue weighted by Gasteiger charge is 2.17. The van der Waals surface area contributed by atoms with Crippen LogP contribution < -0.4 is 10.2 Å². The van der Waals surface area contributed by atoms with E-state index < -0.39 is 0 Å². The van der Waals surface area contributed by atoms with Gasteiger partial charge in [0.15, 0.2) is 0 Å². The maximum atomic E-state index is 4.47. The van der Waals surface area contributed by atoms with E-state index in [2.05, 4.69) is 43.0 Å². The van der Waals surface area contributed by atoms with Gasteiger partial charge in [0.25, 0.3) is 0 Å². The van der Waals surface area contributed by atoms with Crippen molar-refractivity contribution in [1.29, 1.82) is 0 Å². The Morgan fingerprint density at radius 3 is 2.28 bits per heavy atom. The van der Waals surface area contributed by atoms with Crippen molar-refractivity contribution in [3.8, 4) is 0 Å². The van der Waals surface area contributed by atoms with Crippen LogP contribution in [-0.2, 0) is 0 Å². The zero-order valence-corrected chi connectivity index (χ0v) is 12.4. The number of rotatable bonds is 6. The molecule has 1 aromatic heterocycles. The molecule has 4 heteroatoms. The highest BCUT2D eigenvalue weighted by molar-refractivity contribution is 5.40. The quantitative estimate of drug-likeness (QED) is 0.843. The first-order chi connectivity index (χ1) is 8.41. The highest BCUT2D eigenvalue weighted by atomic mass is 15.2. The Labute approximate surface area is 111 Å². The Bertz CT molecular complexity index is 353. The maximum Gasteiger partial charge on any atom is 0.226 e. The molecule has 18 heavy (non-hydrogen) atoms. The standard InChI is InChI=1S/C14H26N4/c1-10(2)12(11(3)4)9-16-13-7-8-15-14(17-13)18(5)6/h7-8,10-12H,9H2,1-6H3,(H,15,16,17). The third-order valence-corrected chi connectivity index (χ3v) is 3.27. The predicted octanol–water partition coefficient (Wildman–Crippen LogP) is 2.88. The molecule has 4 nitrogen and oxygen atoms in total.